The smallest absolute Gasteiger partial charge is 0.187 e. The van der Waals surface area contributed by atoms with Gasteiger partial charge >= 0.3 is 0 Å². The van der Waals surface area contributed by atoms with E-state index in [1.54, 1.807) is 19.9 Å². The first-order chi connectivity index (χ1) is 15.0. The molecule has 0 spiro atoms. The predicted molar refractivity (Wildman–Crippen MR) is 122 cm³/mol. The second-order valence-electron chi connectivity index (χ2n) is 11.6. The van der Waals surface area contributed by atoms with E-state index in [1.807, 2.05) is 0 Å². The first kappa shape index (κ1) is 20.6. The molecule has 2 aromatic rings. The molecule has 1 aromatic carbocycles. The lowest BCUT2D eigenvalue weighted by Gasteiger charge is -2.64. The zero-order valence-corrected chi connectivity index (χ0v) is 19.4. The zero-order chi connectivity index (χ0) is 22.7. The van der Waals surface area contributed by atoms with Crippen LogP contribution in [0.1, 0.15) is 64.6 Å². The van der Waals surface area contributed by atoms with E-state index in [9.17, 15) is 15.0 Å². The van der Waals surface area contributed by atoms with E-state index in [0.29, 0.717) is 12.3 Å². The molecule has 0 saturated heterocycles. The molecular formula is C27H33NO4. The normalized spacial score (nSPS) is 41.0. The van der Waals surface area contributed by atoms with Crippen molar-refractivity contribution < 1.29 is 19.7 Å². The van der Waals surface area contributed by atoms with Crippen LogP contribution in [0.3, 0.4) is 0 Å². The fourth-order valence-corrected chi connectivity index (χ4v) is 7.82. The second-order valence-corrected chi connectivity index (χ2v) is 11.6. The first-order valence-electron chi connectivity index (χ1n) is 12.0. The number of fused-ring (bicyclic) bond motifs is 9. The zero-order valence-electron chi connectivity index (χ0n) is 19.4. The number of aliphatic hydroxyl groups is 2. The van der Waals surface area contributed by atoms with Gasteiger partial charge in [-0.1, -0.05) is 32.0 Å². The SMILES string of the molecule is CC(C)(O)[C@H]1O[C@@H]2CC[C@]3(C)[C@@]4(C)c5[nH]c6ccccc6c5C[C@@H]4CC[C@]3(O)C2=CC1=O. The van der Waals surface area contributed by atoms with E-state index in [0.717, 1.165) is 36.8 Å². The van der Waals surface area contributed by atoms with E-state index >= 15 is 0 Å². The summed E-state index contributed by atoms with van der Waals surface area (Å²) in [7, 11) is 0. The predicted octanol–water partition coefficient (Wildman–Crippen LogP) is 3.96. The molecule has 5 heteroatoms. The topological polar surface area (TPSA) is 82.6 Å². The van der Waals surface area contributed by atoms with Gasteiger partial charge in [-0.05, 0) is 75.1 Å². The summed E-state index contributed by atoms with van der Waals surface area (Å²) < 4.78 is 6.15. The molecule has 0 bridgehead atoms. The van der Waals surface area contributed by atoms with Gasteiger partial charge in [0, 0.05) is 27.4 Å². The van der Waals surface area contributed by atoms with Crippen molar-refractivity contribution in [3.63, 3.8) is 0 Å². The third kappa shape index (κ3) is 2.27. The summed E-state index contributed by atoms with van der Waals surface area (Å²) in [6, 6.07) is 8.49. The van der Waals surface area contributed by atoms with Crippen LogP contribution < -0.4 is 0 Å². The molecule has 0 unspecified atom stereocenters. The highest BCUT2D eigenvalue weighted by molar-refractivity contribution is 5.96. The number of carbonyl (C=O) groups is 1. The van der Waals surface area contributed by atoms with Gasteiger partial charge in [0.1, 0.15) is 6.10 Å². The molecule has 2 saturated carbocycles. The Hall–Kier alpha value is -1.95. The quantitative estimate of drug-likeness (QED) is 0.633. The number of aromatic nitrogens is 1. The van der Waals surface area contributed by atoms with Crippen LogP contribution in [0.25, 0.3) is 10.9 Å². The lowest BCUT2D eigenvalue weighted by molar-refractivity contribution is -0.195. The van der Waals surface area contributed by atoms with E-state index < -0.39 is 22.7 Å². The Kier molecular flexibility index (Phi) is 3.96. The fourth-order valence-electron chi connectivity index (χ4n) is 7.82. The minimum Gasteiger partial charge on any atom is -0.387 e. The molecule has 2 heterocycles. The largest absolute Gasteiger partial charge is 0.387 e. The molecule has 5 nitrogen and oxygen atoms in total. The average Bonchev–Trinajstić information content (AvgIpc) is 3.24. The van der Waals surface area contributed by atoms with Crippen LogP contribution in [-0.4, -0.2) is 44.4 Å². The van der Waals surface area contributed by atoms with E-state index in [4.69, 9.17) is 4.74 Å². The van der Waals surface area contributed by atoms with Gasteiger partial charge in [-0.25, -0.2) is 0 Å². The van der Waals surface area contributed by atoms with Crippen LogP contribution in [0.4, 0.5) is 0 Å². The van der Waals surface area contributed by atoms with Gasteiger partial charge in [-0.2, -0.15) is 0 Å². The van der Waals surface area contributed by atoms with Gasteiger partial charge < -0.3 is 19.9 Å². The van der Waals surface area contributed by atoms with Crippen molar-refractivity contribution in [1.82, 2.24) is 4.98 Å². The molecule has 170 valence electrons. The summed E-state index contributed by atoms with van der Waals surface area (Å²) in [6.07, 6.45) is 4.51. The molecule has 1 aliphatic heterocycles. The van der Waals surface area contributed by atoms with Crippen LogP contribution in [0.15, 0.2) is 35.9 Å². The number of rotatable bonds is 1. The number of nitrogens with one attached hydrogen (secondary N) is 1. The van der Waals surface area contributed by atoms with Gasteiger partial charge in [0.25, 0.3) is 0 Å². The number of aromatic amines is 1. The molecular weight excluding hydrogens is 402 g/mol. The number of carbonyl (C=O) groups excluding carboxylic acids is 1. The van der Waals surface area contributed by atoms with Crippen LogP contribution in [0.2, 0.25) is 0 Å². The fraction of sp³-hybridized carbons (Fsp3) is 0.593. The first-order valence-corrected chi connectivity index (χ1v) is 12.0. The van der Waals surface area contributed by atoms with Crippen molar-refractivity contribution in [2.75, 3.05) is 0 Å². The van der Waals surface area contributed by atoms with E-state index in [-0.39, 0.29) is 17.3 Å². The highest BCUT2D eigenvalue weighted by Gasteiger charge is 2.70. The Balaban J connectivity index is 1.50. The summed E-state index contributed by atoms with van der Waals surface area (Å²) in [6.45, 7) is 7.77. The number of ether oxygens (including phenoxy) is 1. The van der Waals surface area contributed by atoms with Gasteiger partial charge in [0.05, 0.1) is 17.3 Å². The molecule has 2 fully saturated rings. The maximum atomic E-state index is 13.0. The van der Waals surface area contributed by atoms with E-state index in [1.165, 1.54) is 16.6 Å². The third-order valence-electron chi connectivity index (χ3n) is 9.74. The molecule has 4 aliphatic rings. The molecule has 32 heavy (non-hydrogen) atoms. The Bertz CT molecular complexity index is 1170. The molecule has 0 radical (unpaired) electrons. The van der Waals surface area contributed by atoms with Crippen LogP contribution in [-0.2, 0) is 21.4 Å². The van der Waals surface area contributed by atoms with Crippen LogP contribution in [0.5, 0.6) is 0 Å². The maximum Gasteiger partial charge on any atom is 0.187 e. The number of H-pyrrole nitrogens is 1. The Labute approximate surface area is 188 Å². The minimum absolute atomic E-state index is 0.226. The van der Waals surface area contributed by atoms with Gasteiger partial charge in [0.15, 0.2) is 5.78 Å². The summed E-state index contributed by atoms with van der Waals surface area (Å²) in [5.74, 6) is 0.214. The number of ketones is 1. The van der Waals surface area contributed by atoms with Crippen molar-refractivity contribution in [2.45, 2.75) is 88.6 Å². The van der Waals surface area contributed by atoms with Gasteiger partial charge in [-0.15, -0.1) is 0 Å². The Morgan fingerprint density at radius 1 is 1.16 bits per heavy atom. The number of hydrogen-bond acceptors (Lipinski definition) is 4. The van der Waals surface area contributed by atoms with E-state index in [2.05, 4.69) is 43.1 Å². The average molecular weight is 436 g/mol. The monoisotopic (exact) mass is 435 g/mol. The highest BCUT2D eigenvalue weighted by Crippen LogP contribution is 2.69. The van der Waals surface area contributed by atoms with Crippen molar-refractivity contribution in [2.24, 2.45) is 11.3 Å². The van der Waals surface area contributed by atoms with Gasteiger partial charge in [-0.3, -0.25) is 4.79 Å². The van der Waals surface area contributed by atoms with Crippen molar-refractivity contribution in [3.05, 3.63) is 47.2 Å². The van der Waals surface area contributed by atoms with Crippen molar-refractivity contribution in [1.29, 1.82) is 0 Å². The van der Waals surface area contributed by atoms with Crippen LogP contribution in [0, 0.1) is 11.3 Å². The molecule has 0 amide bonds. The highest BCUT2D eigenvalue weighted by atomic mass is 16.5. The summed E-state index contributed by atoms with van der Waals surface area (Å²) in [5, 5.41) is 24.1. The second kappa shape index (κ2) is 6.13. The maximum absolute atomic E-state index is 13.0. The van der Waals surface area contributed by atoms with Gasteiger partial charge in [0.2, 0.25) is 0 Å². The Morgan fingerprint density at radius 3 is 2.66 bits per heavy atom. The summed E-state index contributed by atoms with van der Waals surface area (Å²) in [5.41, 5.74) is 1.53. The molecule has 3 aliphatic carbocycles. The summed E-state index contributed by atoms with van der Waals surface area (Å²) >= 11 is 0. The minimum atomic E-state index is -1.25. The number of para-hydroxylation sites is 1. The van der Waals surface area contributed by atoms with Crippen molar-refractivity contribution >= 4 is 16.7 Å². The number of hydrogen-bond donors (Lipinski definition) is 3. The van der Waals surface area contributed by atoms with Crippen molar-refractivity contribution in [3.8, 4) is 0 Å². The standard InChI is InChI=1S/C27H33NO4/c1-24(2,30)23-20(29)14-18-21(32-23)10-11-25(3)26(4)15(9-12-27(18,25)31)13-17-16-7-5-6-8-19(16)28-22(17)26/h5-8,14-15,21,23,28,30-31H,9-13H2,1-4H3/t15-,21+,23-,25+,26+,27-/m0/s1. The molecule has 3 N–H and O–H groups in total. The molecule has 6 atom stereocenters. The molecule has 1 aromatic heterocycles. The molecule has 6 rings (SSSR count). The lowest BCUT2D eigenvalue weighted by Crippen LogP contribution is -2.68. The van der Waals surface area contributed by atoms with Crippen LogP contribution >= 0.6 is 0 Å². The number of benzene rings is 1. The lowest BCUT2D eigenvalue weighted by atomic mass is 9.42. The Morgan fingerprint density at radius 2 is 1.91 bits per heavy atom. The summed E-state index contributed by atoms with van der Waals surface area (Å²) in [4.78, 5) is 16.7. The third-order valence-corrected chi connectivity index (χ3v) is 9.74.